The zero-order valence-corrected chi connectivity index (χ0v) is 17.3. The lowest BCUT2D eigenvalue weighted by atomic mass is 10.0. The number of aromatic amines is 1. The Bertz CT molecular complexity index is 1170. The van der Waals surface area contributed by atoms with E-state index in [1.54, 1.807) is 18.6 Å². The Balaban J connectivity index is 1.37. The van der Waals surface area contributed by atoms with Crippen molar-refractivity contribution in [3.63, 3.8) is 0 Å². The van der Waals surface area contributed by atoms with Gasteiger partial charge in [0.25, 0.3) is 0 Å². The van der Waals surface area contributed by atoms with Gasteiger partial charge in [-0.1, -0.05) is 12.1 Å². The summed E-state index contributed by atoms with van der Waals surface area (Å²) in [6.45, 7) is 2.57. The number of H-pyrrole nitrogens is 1. The number of nitrogens with one attached hydrogen (secondary N) is 2. The van der Waals surface area contributed by atoms with Crippen molar-refractivity contribution >= 4 is 16.9 Å². The van der Waals surface area contributed by atoms with Crippen molar-refractivity contribution < 1.29 is 9.53 Å². The smallest absolute Gasteiger partial charge is 0.221 e. The fourth-order valence-corrected chi connectivity index (χ4v) is 3.49. The summed E-state index contributed by atoms with van der Waals surface area (Å²) in [5.74, 6) is 1.31. The minimum Gasteiger partial charge on any atom is -0.457 e. The summed E-state index contributed by atoms with van der Waals surface area (Å²) in [4.78, 5) is 23.8. The number of nitrogens with two attached hydrogens (primary N) is 1. The van der Waals surface area contributed by atoms with Gasteiger partial charge in [0.2, 0.25) is 5.91 Å². The maximum atomic E-state index is 12.3. The average molecular weight is 415 g/mol. The summed E-state index contributed by atoms with van der Waals surface area (Å²) in [6, 6.07) is 12.8. The molecule has 1 amide bonds. The molecule has 3 aromatic heterocycles. The number of amides is 1. The third kappa shape index (κ3) is 5.07. The lowest BCUT2D eigenvalue weighted by Crippen LogP contribution is -2.29. The highest BCUT2D eigenvalue weighted by Crippen LogP contribution is 2.31. The number of ether oxygens (including phenoxy) is 1. The number of benzene rings is 1. The number of rotatable bonds is 8. The molecule has 31 heavy (non-hydrogen) atoms. The van der Waals surface area contributed by atoms with E-state index in [1.165, 1.54) is 0 Å². The van der Waals surface area contributed by atoms with E-state index in [0.29, 0.717) is 12.3 Å². The van der Waals surface area contributed by atoms with Gasteiger partial charge in [-0.15, -0.1) is 0 Å². The Kier molecular flexibility index (Phi) is 6.24. The lowest BCUT2D eigenvalue weighted by molar-refractivity contribution is -0.121. The van der Waals surface area contributed by atoms with Crippen molar-refractivity contribution in [1.82, 2.24) is 20.3 Å². The number of hydrogen-bond donors (Lipinski definition) is 3. The summed E-state index contributed by atoms with van der Waals surface area (Å²) in [5.41, 5.74) is 10.1. The van der Waals surface area contributed by atoms with Crippen LogP contribution in [0.15, 0.2) is 67.3 Å². The minimum atomic E-state index is -0.420. The molecule has 158 valence electrons. The van der Waals surface area contributed by atoms with Crippen LogP contribution in [0, 0.1) is 6.92 Å². The van der Waals surface area contributed by atoms with Crippen molar-refractivity contribution in [2.45, 2.75) is 25.8 Å². The molecule has 0 aliphatic rings. The highest BCUT2D eigenvalue weighted by atomic mass is 16.5. The van der Waals surface area contributed by atoms with Crippen molar-refractivity contribution in [3.8, 4) is 11.5 Å². The molecule has 1 atom stereocenters. The van der Waals surface area contributed by atoms with Crippen LogP contribution in [-0.4, -0.2) is 27.4 Å². The van der Waals surface area contributed by atoms with Crippen LogP contribution in [0.5, 0.6) is 11.5 Å². The molecule has 7 heteroatoms. The quantitative estimate of drug-likeness (QED) is 0.406. The molecular weight excluding hydrogens is 390 g/mol. The van der Waals surface area contributed by atoms with Crippen LogP contribution >= 0.6 is 0 Å². The van der Waals surface area contributed by atoms with Crippen LogP contribution in [0.4, 0.5) is 0 Å². The van der Waals surface area contributed by atoms with Crippen LogP contribution in [-0.2, 0) is 11.2 Å². The highest BCUT2D eigenvalue weighted by molar-refractivity contribution is 5.86. The maximum Gasteiger partial charge on any atom is 0.221 e. The van der Waals surface area contributed by atoms with Gasteiger partial charge in [-0.3, -0.25) is 9.78 Å². The molecule has 7 nitrogen and oxygen atoms in total. The molecule has 0 fully saturated rings. The number of carbonyl (C=O) groups excluding carboxylic acids is 1. The number of aryl methyl sites for hydroxylation is 1. The van der Waals surface area contributed by atoms with Crippen LogP contribution in [0.25, 0.3) is 11.0 Å². The number of hydrogen-bond acceptors (Lipinski definition) is 5. The molecule has 4 aromatic rings. The lowest BCUT2D eigenvalue weighted by Gasteiger charge is -2.14. The molecule has 0 radical (unpaired) electrons. The predicted octanol–water partition coefficient (Wildman–Crippen LogP) is 3.81. The van der Waals surface area contributed by atoms with E-state index in [9.17, 15) is 4.79 Å². The molecule has 0 saturated carbocycles. The second-order valence-corrected chi connectivity index (χ2v) is 7.44. The van der Waals surface area contributed by atoms with Gasteiger partial charge < -0.3 is 20.8 Å². The van der Waals surface area contributed by atoms with E-state index in [4.69, 9.17) is 10.5 Å². The topological polar surface area (TPSA) is 106 Å². The van der Waals surface area contributed by atoms with Gasteiger partial charge in [-0.2, -0.15) is 0 Å². The Labute approximate surface area is 180 Å². The molecule has 0 spiro atoms. The van der Waals surface area contributed by atoms with Gasteiger partial charge >= 0.3 is 0 Å². The number of carbonyl (C=O) groups is 1. The summed E-state index contributed by atoms with van der Waals surface area (Å²) in [7, 11) is 0. The molecule has 0 saturated heterocycles. The van der Waals surface area contributed by atoms with Crippen LogP contribution in [0.1, 0.15) is 29.2 Å². The first-order chi connectivity index (χ1) is 15.1. The third-order valence-electron chi connectivity index (χ3n) is 5.14. The Hall–Kier alpha value is -3.71. The average Bonchev–Trinajstić information content (AvgIpc) is 3.16. The fraction of sp³-hybridized carbons (Fsp3) is 0.208. The number of nitrogens with zero attached hydrogens (tertiary/aromatic N) is 2. The summed E-state index contributed by atoms with van der Waals surface area (Å²) in [6.07, 6.45) is 8.07. The first-order valence-corrected chi connectivity index (χ1v) is 10.2. The van der Waals surface area contributed by atoms with Crippen molar-refractivity contribution in [3.05, 3.63) is 83.9 Å². The standard InChI is InChI=1S/C24H25N5O2/c1-16-15-29-24-23(16)21(8-12-28-24)31-19-4-2-3-18(13-19)20(25)14-22(30)27-11-7-17-5-9-26-10-6-17/h2-6,8-10,12-13,15,20H,7,11,14,25H2,1H3,(H,27,30)(H,28,29). The Morgan fingerprint density at radius 1 is 1.19 bits per heavy atom. The van der Waals surface area contributed by atoms with Gasteiger partial charge in [-0.25, -0.2) is 4.98 Å². The van der Waals surface area contributed by atoms with Gasteiger partial charge in [0.05, 0.1) is 5.39 Å². The van der Waals surface area contributed by atoms with Crippen LogP contribution < -0.4 is 15.8 Å². The zero-order valence-electron chi connectivity index (χ0n) is 17.3. The summed E-state index contributed by atoms with van der Waals surface area (Å²) >= 11 is 0. The SMILES string of the molecule is Cc1c[nH]c2nccc(Oc3cccc(C(N)CC(=O)NCCc4ccncc4)c3)c12. The number of pyridine rings is 2. The van der Waals surface area contributed by atoms with Crippen molar-refractivity contribution in [2.75, 3.05) is 6.54 Å². The minimum absolute atomic E-state index is 0.0772. The van der Waals surface area contributed by atoms with E-state index in [2.05, 4.69) is 20.3 Å². The summed E-state index contributed by atoms with van der Waals surface area (Å²) in [5, 5.41) is 3.88. The molecule has 0 aliphatic carbocycles. The zero-order chi connectivity index (χ0) is 21.6. The number of aromatic nitrogens is 3. The largest absolute Gasteiger partial charge is 0.457 e. The molecule has 0 bridgehead atoms. The molecule has 0 aliphatic heterocycles. The summed E-state index contributed by atoms with van der Waals surface area (Å²) < 4.78 is 6.12. The fourth-order valence-electron chi connectivity index (χ4n) is 3.49. The molecule has 3 heterocycles. The Morgan fingerprint density at radius 3 is 2.87 bits per heavy atom. The van der Waals surface area contributed by atoms with Crippen LogP contribution in [0.2, 0.25) is 0 Å². The second kappa shape index (κ2) is 9.40. The number of fused-ring (bicyclic) bond motifs is 1. The predicted molar refractivity (Wildman–Crippen MR) is 120 cm³/mol. The van der Waals surface area contributed by atoms with Gasteiger partial charge in [-0.05, 0) is 60.4 Å². The maximum absolute atomic E-state index is 12.3. The van der Waals surface area contributed by atoms with E-state index >= 15 is 0 Å². The van der Waals surface area contributed by atoms with E-state index < -0.39 is 6.04 Å². The normalized spacial score (nSPS) is 11.9. The van der Waals surface area contributed by atoms with Gasteiger partial charge in [0, 0.05) is 43.8 Å². The van der Waals surface area contributed by atoms with E-state index in [1.807, 2.05) is 55.6 Å². The monoisotopic (exact) mass is 415 g/mol. The van der Waals surface area contributed by atoms with Crippen molar-refractivity contribution in [1.29, 1.82) is 0 Å². The van der Waals surface area contributed by atoms with Crippen LogP contribution in [0.3, 0.4) is 0 Å². The van der Waals surface area contributed by atoms with Crippen molar-refractivity contribution in [2.24, 2.45) is 5.73 Å². The molecule has 1 unspecified atom stereocenters. The first-order valence-electron chi connectivity index (χ1n) is 10.2. The van der Waals surface area contributed by atoms with Gasteiger partial charge in [0.15, 0.2) is 0 Å². The molecule has 1 aromatic carbocycles. The van der Waals surface area contributed by atoms with Gasteiger partial charge in [0.1, 0.15) is 17.1 Å². The second-order valence-electron chi connectivity index (χ2n) is 7.44. The third-order valence-corrected chi connectivity index (χ3v) is 5.14. The first kappa shape index (κ1) is 20.6. The molecule has 4 N–H and O–H groups in total. The Morgan fingerprint density at radius 2 is 2.03 bits per heavy atom. The van der Waals surface area contributed by atoms with E-state index in [0.717, 1.165) is 39.9 Å². The molecular formula is C24H25N5O2. The van der Waals surface area contributed by atoms with E-state index in [-0.39, 0.29) is 12.3 Å². The highest BCUT2D eigenvalue weighted by Gasteiger charge is 2.14. The molecule has 4 rings (SSSR count).